The molecule has 2 heterocycles. The average Bonchev–Trinajstić information content (AvgIpc) is 2.96. The van der Waals surface area contributed by atoms with Gasteiger partial charge < -0.3 is 15.1 Å². The predicted molar refractivity (Wildman–Crippen MR) is 97.9 cm³/mol. The summed E-state index contributed by atoms with van der Waals surface area (Å²) in [6.07, 6.45) is 2.57. The number of nitrogens with zero attached hydrogens (tertiary/aromatic N) is 2. The van der Waals surface area contributed by atoms with Crippen LogP contribution in [0, 0.1) is 11.8 Å². The molecular weight excluding hydrogens is 314 g/mol. The molecule has 2 unspecified atom stereocenters. The first-order chi connectivity index (χ1) is 12.0. The molecule has 0 saturated carbocycles. The minimum atomic E-state index is 0.00823. The number of nitrogens with one attached hydrogen (secondary N) is 1. The lowest BCUT2D eigenvalue weighted by molar-refractivity contribution is -0.133. The number of hydrogen-bond donors (Lipinski definition) is 1. The summed E-state index contributed by atoms with van der Waals surface area (Å²) in [6.45, 7) is 6.92. The van der Waals surface area contributed by atoms with Crippen LogP contribution in [0.4, 0.5) is 4.79 Å². The number of urea groups is 1. The van der Waals surface area contributed by atoms with Crippen molar-refractivity contribution in [3.63, 3.8) is 0 Å². The number of carbonyl (C=O) groups is 2. The zero-order valence-corrected chi connectivity index (χ0v) is 15.3. The van der Waals surface area contributed by atoms with Gasteiger partial charge in [0.2, 0.25) is 5.91 Å². The highest BCUT2D eigenvalue weighted by Gasteiger charge is 2.41. The van der Waals surface area contributed by atoms with Crippen molar-refractivity contribution in [2.75, 3.05) is 19.6 Å². The average molecular weight is 343 g/mol. The van der Waals surface area contributed by atoms with Gasteiger partial charge in [-0.2, -0.15) is 0 Å². The van der Waals surface area contributed by atoms with Crippen LogP contribution >= 0.6 is 0 Å². The van der Waals surface area contributed by atoms with Crippen molar-refractivity contribution in [2.45, 2.75) is 45.7 Å². The maximum atomic E-state index is 12.7. The zero-order valence-electron chi connectivity index (χ0n) is 15.3. The van der Waals surface area contributed by atoms with Crippen molar-refractivity contribution in [3.05, 3.63) is 35.9 Å². The van der Waals surface area contributed by atoms with Crippen LogP contribution in [0.15, 0.2) is 30.3 Å². The summed E-state index contributed by atoms with van der Waals surface area (Å²) < 4.78 is 0. The molecule has 2 aliphatic rings. The number of fused-ring (bicyclic) bond motifs is 1. The number of likely N-dealkylation sites (tertiary alicyclic amines) is 2. The summed E-state index contributed by atoms with van der Waals surface area (Å²) in [5.74, 6) is 1.05. The van der Waals surface area contributed by atoms with Gasteiger partial charge >= 0.3 is 6.03 Å². The van der Waals surface area contributed by atoms with E-state index < -0.39 is 0 Å². The molecule has 136 valence electrons. The Balaban J connectivity index is 1.70. The molecule has 2 aliphatic heterocycles. The van der Waals surface area contributed by atoms with Gasteiger partial charge in [0, 0.05) is 32.6 Å². The van der Waals surface area contributed by atoms with Gasteiger partial charge in [0.15, 0.2) is 0 Å². The van der Waals surface area contributed by atoms with Gasteiger partial charge in [0.25, 0.3) is 0 Å². The number of amides is 3. The Morgan fingerprint density at radius 2 is 2.00 bits per heavy atom. The van der Waals surface area contributed by atoms with Crippen LogP contribution in [0.2, 0.25) is 0 Å². The maximum absolute atomic E-state index is 12.7. The van der Waals surface area contributed by atoms with E-state index in [1.54, 1.807) is 0 Å². The monoisotopic (exact) mass is 343 g/mol. The molecule has 1 aromatic rings. The third-order valence-corrected chi connectivity index (χ3v) is 5.24. The highest BCUT2D eigenvalue weighted by molar-refractivity contribution is 5.78. The van der Waals surface area contributed by atoms with E-state index in [1.165, 1.54) is 0 Å². The molecule has 2 saturated heterocycles. The van der Waals surface area contributed by atoms with Gasteiger partial charge in [-0.3, -0.25) is 4.79 Å². The molecule has 0 radical (unpaired) electrons. The first-order valence-corrected chi connectivity index (χ1v) is 9.40. The summed E-state index contributed by atoms with van der Waals surface area (Å²) in [5.41, 5.74) is 1.15. The maximum Gasteiger partial charge on any atom is 0.317 e. The van der Waals surface area contributed by atoms with Crippen molar-refractivity contribution in [1.82, 2.24) is 15.1 Å². The molecular formula is C20H29N3O2. The molecule has 1 aromatic carbocycles. The van der Waals surface area contributed by atoms with Gasteiger partial charge in [-0.05, 0) is 30.2 Å². The van der Waals surface area contributed by atoms with Gasteiger partial charge in [0.05, 0.1) is 6.04 Å². The van der Waals surface area contributed by atoms with Crippen LogP contribution in [-0.2, 0) is 11.3 Å². The fourth-order valence-electron chi connectivity index (χ4n) is 3.89. The molecule has 3 amide bonds. The molecule has 2 fully saturated rings. The largest absolute Gasteiger partial charge is 0.338 e. The van der Waals surface area contributed by atoms with Gasteiger partial charge in [-0.1, -0.05) is 44.2 Å². The van der Waals surface area contributed by atoms with E-state index in [0.717, 1.165) is 24.9 Å². The molecule has 2 atom stereocenters. The van der Waals surface area contributed by atoms with Crippen molar-refractivity contribution >= 4 is 11.9 Å². The summed E-state index contributed by atoms with van der Waals surface area (Å²) in [6, 6.07) is 10.3. The minimum Gasteiger partial charge on any atom is -0.338 e. The fourth-order valence-corrected chi connectivity index (χ4v) is 3.89. The topological polar surface area (TPSA) is 52.7 Å². The zero-order chi connectivity index (χ0) is 17.8. The summed E-state index contributed by atoms with van der Waals surface area (Å²) in [7, 11) is 0. The molecule has 0 bridgehead atoms. The van der Waals surface area contributed by atoms with Crippen molar-refractivity contribution in [1.29, 1.82) is 0 Å². The van der Waals surface area contributed by atoms with Crippen LogP contribution in [0.5, 0.6) is 0 Å². The molecule has 5 heteroatoms. The summed E-state index contributed by atoms with van der Waals surface area (Å²) >= 11 is 0. The van der Waals surface area contributed by atoms with E-state index >= 15 is 0 Å². The quantitative estimate of drug-likeness (QED) is 0.914. The Labute approximate surface area is 150 Å². The fraction of sp³-hybridized carbons (Fsp3) is 0.600. The molecule has 3 rings (SSSR count). The Morgan fingerprint density at radius 3 is 2.72 bits per heavy atom. The van der Waals surface area contributed by atoms with E-state index in [-0.39, 0.29) is 18.0 Å². The van der Waals surface area contributed by atoms with E-state index in [0.29, 0.717) is 37.9 Å². The van der Waals surface area contributed by atoms with Crippen LogP contribution in [0.1, 0.15) is 38.7 Å². The number of benzene rings is 1. The SMILES string of the molecule is CC(C)CNC(=O)N1CC2CCCC(=O)N(Cc3ccccc3)C2C1. The second-order valence-electron chi connectivity index (χ2n) is 7.71. The van der Waals surface area contributed by atoms with Crippen LogP contribution in [0.25, 0.3) is 0 Å². The van der Waals surface area contributed by atoms with Crippen molar-refractivity contribution < 1.29 is 9.59 Å². The minimum absolute atomic E-state index is 0.00823. The normalized spacial score (nSPS) is 23.6. The molecule has 1 N–H and O–H groups in total. The number of rotatable bonds is 4. The highest BCUT2D eigenvalue weighted by Crippen LogP contribution is 2.31. The Morgan fingerprint density at radius 1 is 1.24 bits per heavy atom. The molecule has 0 aliphatic carbocycles. The third-order valence-electron chi connectivity index (χ3n) is 5.24. The highest BCUT2D eigenvalue weighted by atomic mass is 16.2. The van der Waals surface area contributed by atoms with E-state index in [2.05, 4.69) is 31.3 Å². The predicted octanol–water partition coefficient (Wildman–Crippen LogP) is 2.87. The number of hydrogen-bond acceptors (Lipinski definition) is 2. The third kappa shape index (κ3) is 4.33. The Kier molecular flexibility index (Phi) is 5.61. The van der Waals surface area contributed by atoms with Crippen LogP contribution in [-0.4, -0.2) is 47.4 Å². The standard InChI is InChI=1S/C20H29N3O2/c1-15(2)11-21-20(25)22-13-17-9-6-10-19(24)23(18(17)14-22)12-16-7-4-3-5-8-16/h3-5,7-8,15,17-18H,6,9-14H2,1-2H3,(H,21,25). The molecule has 25 heavy (non-hydrogen) atoms. The first kappa shape index (κ1) is 17.8. The van der Waals surface area contributed by atoms with Gasteiger partial charge in [0.1, 0.15) is 0 Å². The second-order valence-corrected chi connectivity index (χ2v) is 7.71. The first-order valence-electron chi connectivity index (χ1n) is 9.40. The lowest BCUT2D eigenvalue weighted by Gasteiger charge is -2.30. The van der Waals surface area contributed by atoms with Crippen LogP contribution in [0.3, 0.4) is 0 Å². The number of carbonyl (C=O) groups excluding carboxylic acids is 2. The van der Waals surface area contributed by atoms with Crippen molar-refractivity contribution in [2.24, 2.45) is 11.8 Å². The Bertz CT molecular complexity index is 602. The van der Waals surface area contributed by atoms with E-state index in [1.807, 2.05) is 28.0 Å². The van der Waals surface area contributed by atoms with E-state index in [4.69, 9.17) is 0 Å². The van der Waals surface area contributed by atoms with Crippen molar-refractivity contribution in [3.8, 4) is 0 Å². The second kappa shape index (κ2) is 7.89. The molecule has 0 spiro atoms. The van der Waals surface area contributed by atoms with Gasteiger partial charge in [-0.15, -0.1) is 0 Å². The Hall–Kier alpha value is -2.04. The lowest BCUT2D eigenvalue weighted by Crippen LogP contribution is -2.45. The summed E-state index contributed by atoms with van der Waals surface area (Å²) in [5, 5.41) is 3.01. The van der Waals surface area contributed by atoms with E-state index in [9.17, 15) is 9.59 Å². The van der Waals surface area contributed by atoms with Gasteiger partial charge in [-0.25, -0.2) is 4.79 Å². The lowest BCUT2D eigenvalue weighted by atomic mass is 9.98. The smallest absolute Gasteiger partial charge is 0.317 e. The molecule has 5 nitrogen and oxygen atoms in total. The molecule has 0 aromatic heterocycles. The van der Waals surface area contributed by atoms with Crippen LogP contribution < -0.4 is 5.32 Å². The summed E-state index contributed by atoms with van der Waals surface area (Å²) in [4.78, 5) is 29.0.